The molecule has 0 radical (unpaired) electrons. The van der Waals surface area contributed by atoms with Gasteiger partial charge in [0.1, 0.15) is 0 Å². The first-order valence-corrected chi connectivity index (χ1v) is 7.91. The molecule has 1 aromatic rings. The zero-order chi connectivity index (χ0) is 14.2. The maximum Gasteiger partial charge on any atom is 0.0621 e. The van der Waals surface area contributed by atoms with Gasteiger partial charge in [0.05, 0.1) is 6.07 Å². The van der Waals surface area contributed by atoms with Gasteiger partial charge in [0, 0.05) is 6.42 Å². The van der Waals surface area contributed by atoms with Crippen molar-refractivity contribution in [1.29, 1.82) is 5.26 Å². The molecule has 0 bridgehead atoms. The van der Waals surface area contributed by atoms with Crippen LogP contribution in [0.5, 0.6) is 0 Å². The fourth-order valence-corrected chi connectivity index (χ4v) is 3.08. The molecule has 1 atom stereocenters. The van der Waals surface area contributed by atoms with Crippen LogP contribution in [0.1, 0.15) is 56.1 Å². The highest BCUT2D eigenvalue weighted by atomic mass is 14.3. The normalized spacial score (nSPS) is 16.9. The molecule has 106 valence electrons. The number of allylic oxidation sites excluding steroid dienone is 2. The third-order valence-corrected chi connectivity index (χ3v) is 4.31. The van der Waals surface area contributed by atoms with Gasteiger partial charge in [0.15, 0.2) is 0 Å². The summed E-state index contributed by atoms with van der Waals surface area (Å²) < 4.78 is 0. The first-order chi connectivity index (χ1) is 9.79. The standard InChI is InChI=1S/C19H25N/c1-16-10-12-17(13-11-16)15-19(9-6-14-20)18-7-4-2-3-5-8-18/h7,10-13,19H,2-6,8-9,15H2,1H3. The summed E-state index contributed by atoms with van der Waals surface area (Å²) in [6, 6.07) is 11.2. The zero-order valence-corrected chi connectivity index (χ0v) is 12.6. The fraction of sp³-hybridized carbons (Fsp3) is 0.526. The molecule has 1 aromatic carbocycles. The lowest BCUT2D eigenvalue weighted by Gasteiger charge is -2.19. The van der Waals surface area contributed by atoms with E-state index < -0.39 is 0 Å². The van der Waals surface area contributed by atoms with Crippen LogP contribution in [-0.4, -0.2) is 0 Å². The first kappa shape index (κ1) is 14.9. The van der Waals surface area contributed by atoms with Crippen molar-refractivity contribution < 1.29 is 0 Å². The molecular formula is C19H25N. The average molecular weight is 267 g/mol. The van der Waals surface area contributed by atoms with E-state index in [1.807, 2.05) is 0 Å². The molecule has 1 unspecified atom stereocenters. The Hall–Kier alpha value is -1.55. The molecule has 0 N–H and O–H groups in total. The van der Waals surface area contributed by atoms with Crippen molar-refractivity contribution in [2.45, 2.75) is 58.3 Å². The van der Waals surface area contributed by atoms with Crippen LogP contribution in [0, 0.1) is 24.2 Å². The van der Waals surface area contributed by atoms with Crippen molar-refractivity contribution in [3.8, 4) is 6.07 Å². The van der Waals surface area contributed by atoms with E-state index in [-0.39, 0.29) is 0 Å². The Morgan fingerprint density at radius 3 is 2.70 bits per heavy atom. The molecule has 0 aliphatic heterocycles. The number of hydrogen-bond acceptors (Lipinski definition) is 1. The van der Waals surface area contributed by atoms with Gasteiger partial charge in [-0.2, -0.15) is 5.26 Å². The van der Waals surface area contributed by atoms with Crippen LogP contribution >= 0.6 is 0 Å². The molecule has 0 spiro atoms. The number of hydrogen-bond donors (Lipinski definition) is 0. The third-order valence-electron chi connectivity index (χ3n) is 4.31. The van der Waals surface area contributed by atoms with Crippen molar-refractivity contribution in [2.75, 3.05) is 0 Å². The van der Waals surface area contributed by atoms with E-state index in [4.69, 9.17) is 5.26 Å². The van der Waals surface area contributed by atoms with E-state index in [1.54, 1.807) is 5.57 Å². The molecule has 2 rings (SSSR count). The summed E-state index contributed by atoms with van der Waals surface area (Å²) in [6.45, 7) is 2.13. The SMILES string of the molecule is Cc1ccc(CC(CCC#N)C2=CCCCCC2)cc1. The van der Waals surface area contributed by atoms with Crippen LogP contribution in [0.3, 0.4) is 0 Å². The Morgan fingerprint density at radius 2 is 1.95 bits per heavy atom. The lowest BCUT2D eigenvalue weighted by Crippen LogP contribution is -2.08. The van der Waals surface area contributed by atoms with Gasteiger partial charge in [0.25, 0.3) is 0 Å². The van der Waals surface area contributed by atoms with Crippen molar-refractivity contribution in [3.05, 3.63) is 47.0 Å². The van der Waals surface area contributed by atoms with Gasteiger partial charge in [-0.3, -0.25) is 0 Å². The molecule has 1 aliphatic carbocycles. The summed E-state index contributed by atoms with van der Waals surface area (Å²) in [5, 5.41) is 8.90. The number of aryl methyl sites for hydroxylation is 1. The van der Waals surface area contributed by atoms with Gasteiger partial charge in [0.2, 0.25) is 0 Å². The molecule has 20 heavy (non-hydrogen) atoms. The van der Waals surface area contributed by atoms with Gasteiger partial charge in [-0.15, -0.1) is 0 Å². The minimum atomic E-state index is 0.565. The highest BCUT2D eigenvalue weighted by Gasteiger charge is 2.16. The molecule has 1 nitrogen and oxygen atoms in total. The zero-order valence-electron chi connectivity index (χ0n) is 12.6. The van der Waals surface area contributed by atoms with Crippen molar-refractivity contribution in [3.63, 3.8) is 0 Å². The maximum absolute atomic E-state index is 8.90. The number of nitrogens with zero attached hydrogens (tertiary/aromatic N) is 1. The molecule has 1 aliphatic rings. The Morgan fingerprint density at radius 1 is 1.15 bits per heavy atom. The van der Waals surface area contributed by atoms with Crippen molar-refractivity contribution >= 4 is 0 Å². The molecule has 0 saturated heterocycles. The molecule has 1 heteroatoms. The lowest BCUT2D eigenvalue weighted by molar-refractivity contribution is 0.538. The van der Waals surface area contributed by atoms with E-state index in [0.29, 0.717) is 12.3 Å². The summed E-state index contributed by atoms with van der Waals surface area (Å²) >= 11 is 0. The maximum atomic E-state index is 8.90. The van der Waals surface area contributed by atoms with Crippen LogP contribution in [0.25, 0.3) is 0 Å². The quantitative estimate of drug-likeness (QED) is 0.660. The van der Waals surface area contributed by atoms with E-state index >= 15 is 0 Å². The van der Waals surface area contributed by atoms with Gasteiger partial charge < -0.3 is 0 Å². The smallest absolute Gasteiger partial charge is 0.0621 e. The highest BCUT2D eigenvalue weighted by molar-refractivity contribution is 5.23. The lowest BCUT2D eigenvalue weighted by atomic mass is 9.85. The van der Waals surface area contributed by atoms with Gasteiger partial charge in [-0.1, -0.05) is 47.9 Å². The summed E-state index contributed by atoms with van der Waals surface area (Å²) in [4.78, 5) is 0. The topological polar surface area (TPSA) is 23.8 Å². The number of nitriles is 1. The average Bonchev–Trinajstić information content (AvgIpc) is 2.74. The second-order valence-electron chi connectivity index (χ2n) is 5.96. The van der Waals surface area contributed by atoms with E-state index in [2.05, 4.69) is 43.3 Å². The molecule has 0 aromatic heterocycles. The fourth-order valence-electron chi connectivity index (χ4n) is 3.08. The Bertz CT molecular complexity index is 475. The first-order valence-electron chi connectivity index (χ1n) is 7.91. The Balaban J connectivity index is 2.08. The summed E-state index contributed by atoms with van der Waals surface area (Å²) in [7, 11) is 0. The second-order valence-corrected chi connectivity index (χ2v) is 5.96. The van der Waals surface area contributed by atoms with Crippen molar-refractivity contribution in [2.24, 2.45) is 5.92 Å². The van der Waals surface area contributed by atoms with Gasteiger partial charge >= 0.3 is 0 Å². The molecule has 0 heterocycles. The molecule has 0 amide bonds. The molecular weight excluding hydrogens is 242 g/mol. The predicted octanol–water partition coefficient (Wildman–Crippen LogP) is 5.35. The van der Waals surface area contributed by atoms with Crippen LogP contribution in [-0.2, 0) is 6.42 Å². The summed E-state index contributed by atoms with van der Waals surface area (Å²) in [6.07, 6.45) is 11.7. The van der Waals surface area contributed by atoms with Crippen LogP contribution in [0.4, 0.5) is 0 Å². The van der Waals surface area contributed by atoms with Crippen LogP contribution in [0.2, 0.25) is 0 Å². The minimum Gasteiger partial charge on any atom is -0.198 e. The molecule has 0 saturated carbocycles. The van der Waals surface area contributed by atoms with E-state index in [0.717, 1.165) is 12.8 Å². The highest BCUT2D eigenvalue weighted by Crippen LogP contribution is 2.29. The Labute approximate surface area is 123 Å². The summed E-state index contributed by atoms with van der Waals surface area (Å²) in [5.74, 6) is 0.565. The number of benzene rings is 1. The summed E-state index contributed by atoms with van der Waals surface area (Å²) in [5.41, 5.74) is 4.33. The minimum absolute atomic E-state index is 0.565. The second kappa shape index (κ2) is 7.90. The van der Waals surface area contributed by atoms with Crippen molar-refractivity contribution in [1.82, 2.24) is 0 Å². The van der Waals surface area contributed by atoms with Crippen LogP contribution in [0.15, 0.2) is 35.9 Å². The Kier molecular flexibility index (Phi) is 5.87. The largest absolute Gasteiger partial charge is 0.198 e. The van der Waals surface area contributed by atoms with E-state index in [9.17, 15) is 0 Å². The van der Waals surface area contributed by atoms with Gasteiger partial charge in [-0.05, 0) is 56.9 Å². The van der Waals surface area contributed by atoms with Gasteiger partial charge in [-0.25, -0.2) is 0 Å². The monoisotopic (exact) mass is 267 g/mol. The number of rotatable bonds is 5. The third kappa shape index (κ3) is 4.53. The van der Waals surface area contributed by atoms with E-state index in [1.165, 1.54) is 43.2 Å². The van der Waals surface area contributed by atoms with Crippen LogP contribution < -0.4 is 0 Å². The predicted molar refractivity (Wildman–Crippen MR) is 84.4 cm³/mol. The molecule has 0 fully saturated rings.